The molecule has 2 aromatic carbocycles. The Hall–Kier alpha value is -3.02. The van der Waals surface area contributed by atoms with E-state index in [2.05, 4.69) is 10.1 Å². The van der Waals surface area contributed by atoms with Gasteiger partial charge >= 0.3 is 0 Å². The number of benzene rings is 2. The zero-order valence-corrected chi connectivity index (χ0v) is 12.2. The molecule has 6 nitrogen and oxygen atoms in total. The molecule has 0 fully saturated rings. The van der Waals surface area contributed by atoms with Crippen LogP contribution >= 0.6 is 0 Å². The molecule has 1 aromatic heterocycles. The summed E-state index contributed by atoms with van der Waals surface area (Å²) in [4.78, 5) is 4.39. The number of hydrogen-bond donors (Lipinski definition) is 1. The van der Waals surface area contributed by atoms with Crippen LogP contribution in [0.25, 0.3) is 22.8 Å². The zero-order valence-electron chi connectivity index (χ0n) is 12.2. The maximum atomic E-state index is 5.76. The van der Waals surface area contributed by atoms with E-state index in [1.807, 2.05) is 18.2 Å². The second kappa shape index (κ2) is 5.77. The number of nitrogens with zero attached hydrogens (tertiary/aromatic N) is 2. The first-order valence-corrected chi connectivity index (χ1v) is 6.63. The van der Waals surface area contributed by atoms with E-state index in [0.717, 1.165) is 11.1 Å². The second-order valence-electron chi connectivity index (χ2n) is 4.62. The molecule has 0 radical (unpaired) electrons. The van der Waals surface area contributed by atoms with Crippen molar-refractivity contribution < 1.29 is 14.0 Å². The predicted molar refractivity (Wildman–Crippen MR) is 82.7 cm³/mol. The van der Waals surface area contributed by atoms with Gasteiger partial charge in [0.1, 0.15) is 0 Å². The van der Waals surface area contributed by atoms with E-state index in [4.69, 9.17) is 19.7 Å². The SMILES string of the molecule is COc1ccc(-c2noc(-c3cccc(N)c3)n2)cc1OC. The smallest absolute Gasteiger partial charge is 0.258 e. The highest BCUT2D eigenvalue weighted by Gasteiger charge is 2.13. The number of aromatic nitrogens is 2. The number of anilines is 1. The third-order valence-corrected chi connectivity index (χ3v) is 3.20. The van der Waals surface area contributed by atoms with Gasteiger partial charge in [0.2, 0.25) is 5.82 Å². The van der Waals surface area contributed by atoms with Gasteiger partial charge in [0, 0.05) is 16.8 Å². The Bertz CT molecular complexity index is 799. The largest absolute Gasteiger partial charge is 0.493 e. The molecule has 0 saturated heterocycles. The molecule has 3 rings (SSSR count). The number of hydrogen-bond acceptors (Lipinski definition) is 6. The Morgan fingerprint density at radius 3 is 2.50 bits per heavy atom. The minimum absolute atomic E-state index is 0.414. The molecule has 0 bridgehead atoms. The standard InChI is InChI=1S/C16H15N3O3/c1-20-13-7-6-10(9-14(13)21-2)15-18-16(22-19-15)11-4-3-5-12(17)8-11/h3-9H,17H2,1-2H3. The molecule has 1 heterocycles. The van der Waals surface area contributed by atoms with Crippen molar-refractivity contribution in [2.75, 3.05) is 20.0 Å². The Morgan fingerprint density at radius 2 is 1.77 bits per heavy atom. The molecule has 0 aliphatic rings. The number of nitrogens with two attached hydrogens (primary N) is 1. The Balaban J connectivity index is 1.97. The topological polar surface area (TPSA) is 83.4 Å². The fourth-order valence-corrected chi connectivity index (χ4v) is 2.11. The van der Waals surface area contributed by atoms with E-state index in [0.29, 0.717) is 28.9 Å². The molecule has 0 aliphatic heterocycles. The maximum absolute atomic E-state index is 5.76. The van der Waals surface area contributed by atoms with Crippen molar-refractivity contribution in [3.63, 3.8) is 0 Å². The molecular formula is C16H15N3O3. The number of nitrogen functional groups attached to an aromatic ring is 1. The number of ether oxygens (including phenoxy) is 2. The average Bonchev–Trinajstić information content (AvgIpc) is 3.04. The van der Waals surface area contributed by atoms with Gasteiger partial charge in [-0.15, -0.1) is 0 Å². The van der Waals surface area contributed by atoms with Crippen molar-refractivity contribution in [1.82, 2.24) is 10.1 Å². The number of rotatable bonds is 4. The van der Waals surface area contributed by atoms with Gasteiger partial charge in [0.05, 0.1) is 14.2 Å². The first kappa shape index (κ1) is 13.9. The highest BCUT2D eigenvalue weighted by molar-refractivity contribution is 5.65. The summed E-state index contributed by atoms with van der Waals surface area (Å²) in [5.41, 5.74) is 7.96. The van der Waals surface area contributed by atoms with E-state index < -0.39 is 0 Å². The summed E-state index contributed by atoms with van der Waals surface area (Å²) in [6.07, 6.45) is 0. The van der Waals surface area contributed by atoms with Crippen LogP contribution < -0.4 is 15.2 Å². The Kier molecular flexibility index (Phi) is 3.65. The molecular weight excluding hydrogens is 282 g/mol. The lowest BCUT2D eigenvalue weighted by Gasteiger charge is -2.07. The maximum Gasteiger partial charge on any atom is 0.258 e. The monoisotopic (exact) mass is 297 g/mol. The van der Waals surface area contributed by atoms with Crippen molar-refractivity contribution in [2.45, 2.75) is 0 Å². The van der Waals surface area contributed by atoms with Gasteiger partial charge in [0.15, 0.2) is 11.5 Å². The van der Waals surface area contributed by atoms with E-state index in [-0.39, 0.29) is 0 Å². The summed E-state index contributed by atoms with van der Waals surface area (Å²) in [6.45, 7) is 0. The van der Waals surface area contributed by atoms with E-state index >= 15 is 0 Å². The van der Waals surface area contributed by atoms with Gasteiger partial charge < -0.3 is 19.7 Å². The summed E-state index contributed by atoms with van der Waals surface area (Å²) >= 11 is 0. The molecule has 0 spiro atoms. The van der Waals surface area contributed by atoms with Gasteiger partial charge in [-0.25, -0.2) is 0 Å². The Labute approximate surface area is 127 Å². The fourth-order valence-electron chi connectivity index (χ4n) is 2.11. The van der Waals surface area contributed by atoms with Crippen molar-refractivity contribution >= 4 is 5.69 Å². The van der Waals surface area contributed by atoms with Crippen LogP contribution in [0.2, 0.25) is 0 Å². The van der Waals surface area contributed by atoms with Crippen molar-refractivity contribution in [2.24, 2.45) is 0 Å². The minimum atomic E-state index is 0.414. The summed E-state index contributed by atoms with van der Waals surface area (Å²) in [7, 11) is 3.17. The van der Waals surface area contributed by atoms with Crippen molar-refractivity contribution in [3.8, 4) is 34.3 Å². The van der Waals surface area contributed by atoms with E-state index in [9.17, 15) is 0 Å². The second-order valence-corrected chi connectivity index (χ2v) is 4.62. The highest BCUT2D eigenvalue weighted by atomic mass is 16.5. The van der Waals surface area contributed by atoms with Gasteiger partial charge in [0.25, 0.3) is 5.89 Å². The molecule has 3 aromatic rings. The van der Waals surface area contributed by atoms with E-state index in [1.165, 1.54) is 0 Å². The summed E-state index contributed by atoms with van der Waals surface area (Å²) in [6, 6.07) is 12.7. The lowest BCUT2D eigenvalue weighted by molar-refractivity contribution is 0.355. The minimum Gasteiger partial charge on any atom is -0.493 e. The molecule has 0 unspecified atom stereocenters. The molecule has 6 heteroatoms. The lowest BCUT2D eigenvalue weighted by Crippen LogP contribution is -1.91. The van der Waals surface area contributed by atoms with Crippen LogP contribution in [0.5, 0.6) is 11.5 Å². The van der Waals surface area contributed by atoms with Gasteiger partial charge in [-0.1, -0.05) is 11.2 Å². The van der Waals surface area contributed by atoms with Crippen LogP contribution in [-0.2, 0) is 0 Å². The molecule has 0 aliphatic carbocycles. The first-order chi connectivity index (χ1) is 10.7. The third kappa shape index (κ3) is 2.58. The third-order valence-electron chi connectivity index (χ3n) is 3.20. The van der Waals surface area contributed by atoms with E-state index in [1.54, 1.807) is 38.5 Å². The zero-order chi connectivity index (χ0) is 15.5. The predicted octanol–water partition coefficient (Wildman–Crippen LogP) is 3.00. The summed E-state index contributed by atoms with van der Waals surface area (Å²) in [5, 5.41) is 4.00. The molecule has 112 valence electrons. The summed E-state index contributed by atoms with van der Waals surface area (Å²) in [5.74, 6) is 2.14. The lowest BCUT2D eigenvalue weighted by atomic mass is 10.2. The van der Waals surface area contributed by atoms with Gasteiger partial charge in [-0.05, 0) is 36.4 Å². The van der Waals surface area contributed by atoms with Crippen molar-refractivity contribution in [1.29, 1.82) is 0 Å². The molecule has 22 heavy (non-hydrogen) atoms. The number of methoxy groups -OCH3 is 2. The average molecular weight is 297 g/mol. The van der Waals surface area contributed by atoms with Crippen LogP contribution in [0.15, 0.2) is 47.0 Å². The molecule has 0 amide bonds. The quantitative estimate of drug-likeness (QED) is 0.745. The Morgan fingerprint density at radius 1 is 0.955 bits per heavy atom. The highest BCUT2D eigenvalue weighted by Crippen LogP contribution is 2.32. The van der Waals surface area contributed by atoms with Crippen LogP contribution in [0.4, 0.5) is 5.69 Å². The first-order valence-electron chi connectivity index (χ1n) is 6.63. The van der Waals surface area contributed by atoms with Crippen LogP contribution in [0, 0.1) is 0 Å². The fraction of sp³-hybridized carbons (Fsp3) is 0.125. The van der Waals surface area contributed by atoms with Crippen LogP contribution in [-0.4, -0.2) is 24.4 Å². The van der Waals surface area contributed by atoms with Crippen LogP contribution in [0.3, 0.4) is 0 Å². The van der Waals surface area contributed by atoms with Crippen LogP contribution in [0.1, 0.15) is 0 Å². The normalized spacial score (nSPS) is 10.5. The van der Waals surface area contributed by atoms with Gasteiger partial charge in [-0.2, -0.15) is 4.98 Å². The van der Waals surface area contributed by atoms with Gasteiger partial charge in [-0.3, -0.25) is 0 Å². The summed E-state index contributed by atoms with van der Waals surface area (Å²) < 4.78 is 15.8. The molecule has 0 atom stereocenters. The molecule has 0 saturated carbocycles. The molecule has 2 N–H and O–H groups in total. The van der Waals surface area contributed by atoms with Crippen molar-refractivity contribution in [3.05, 3.63) is 42.5 Å².